The van der Waals surface area contributed by atoms with Crippen LogP contribution in [0, 0.1) is 6.92 Å². The fourth-order valence-electron chi connectivity index (χ4n) is 4.17. The highest BCUT2D eigenvalue weighted by atomic mass is 32.1. The molecule has 0 unspecified atom stereocenters. The van der Waals surface area contributed by atoms with E-state index in [0.29, 0.717) is 11.5 Å². The molecular weight excluding hydrogens is 482 g/mol. The van der Waals surface area contributed by atoms with Gasteiger partial charge in [-0.25, -0.2) is 9.78 Å². The molecule has 5 rings (SSSR count). The maximum atomic E-state index is 12.4. The largest absolute Gasteiger partial charge is 0.383 e. The second kappa shape index (κ2) is 10.1. The minimum absolute atomic E-state index is 0.111. The van der Waals surface area contributed by atoms with Gasteiger partial charge in [0, 0.05) is 51.4 Å². The van der Waals surface area contributed by atoms with E-state index in [4.69, 9.17) is 5.73 Å². The van der Waals surface area contributed by atoms with Crippen molar-refractivity contribution in [3.05, 3.63) is 89.9 Å². The van der Waals surface area contributed by atoms with Crippen LogP contribution in [0.3, 0.4) is 0 Å². The van der Waals surface area contributed by atoms with Crippen molar-refractivity contribution in [1.29, 1.82) is 0 Å². The Balaban J connectivity index is 1.38. The molecule has 5 N–H and O–H groups in total. The summed E-state index contributed by atoms with van der Waals surface area (Å²) in [6.45, 7) is 3.46. The second-order valence-corrected chi connectivity index (χ2v) is 9.57. The zero-order chi connectivity index (χ0) is 25.9. The standard InChI is InChI=1S/C29H25N5O2S/c1-17-4-3-5-23(14-17)34-29(36)33-22-12-8-20(9-13-22)25-16-37-27-24(15-31-28(30)26(25)27)19-6-10-21(11-7-19)32-18(2)35/h3-16H,1-2H3,(H2,30,31)(H,32,35)(H2,33,34,36). The molecule has 5 aromatic rings. The van der Waals surface area contributed by atoms with Crippen LogP contribution in [0.5, 0.6) is 0 Å². The highest BCUT2D eigenvalue weighted by Gasteiger charge is 2.15. The van der Waals surface area contributed by atoms with Crippen molar-refractivity contribution in [3.8, 4) is 22.3 Å². The van der Waals surface area contributed by atoms with E-state index in [1.165, 1.54) is 6.92 Å². The molecule has 3 amide bonds. The van der Waals surface area contributed by atoms with Gasteiger partial charge >= 0.3 is 6.03 Å². The van der Waals surface area contributed by atoms with E-state index in [9.17, 15) is 9.59 Å². The Kier molecular flexibility index (Phi) is 6.57. The van der Waals surface area contributed by atoms with Crippen LogP contribution in [0.15, 0.2) is 84.4 Å². The topological polar surface area (TPSA) is 109 Å². The molecule has 8 heteroatoms. The van der Waals surface area contributed by atoms with Crippen LogP contribution in [-0.4, -0.2) is 16.9 Å². The number of nitrogen functional groups attached to an aromatic ring is 1. The highest BCUT2D eigenvalue weighted by molar-refractivity contribution is 7.18. The lowest BCUT2D eigenvalue weighted by Gasteiger charge is -2.10. The molecule has 0 aliphatic heterocycles. The van der Waals surface area contributed by atoms with E-state index in [0.717, 1.165) is 49.3 Å². The number of nitrogens with one attached hydrogen (secondary N) is 3. The van der Waals surface area contributed by atoms with Crippen LogP contribution in [0.25, 0.3) is 32.3 Å². The van der Waals surface area contributed by atoms with Gasteiger partial charge in [0.2, 0.25) is 5.91 Å². The number of thiophene rings is 1. The van der Waals surface area contributed by atoms with Crippen molar-refractivity contribution >= 4 is 56.2 Å². The van der Waals surface area contributed by atoms with Gasteiger partial charge in [-0.1, -0.05) is 36.4 Å². The number of nitrogens with two attached hydrogens (primary N) is 1. The summed E-state index contributed by atoms with van der Waals surface area (Å²) in [6, 6.07) is 22.6. The van der Waals surface area contributed by atoms with E-state index in [1.807, 2.05) is 79.7 Å². The fourth-order valence-corrected chi connectivity index (χ4v) is 5.29. The summed E-state index contributed by atoms with van der Waals surface area (Å²) >= 11 is 1.61. The molecule has 3 aromatic carbocycles. The van der Waals surface area contributed by atoms with E-state index >= 15 is 0 Å². The zero-order valence-corrected chi connectivity index (χ0v) is 21.1. The molecule has 0 atom stereocenters. The molecule has 0 aliphatic rings. The number of fused-ring (bicyclic) bond motifs is 1. The van der Waals surface area contributed by atoms with Gasteiger partial charge < -0.3 is 21.7 Å². The molecule has 2 aromatic heterocycles. The van der Waals surface area contributed by atoms with Crippen LogP contribution >= 0.6 is 11.3 Å². The van der Waals surface area contributed by atoms with Gasteiger partial charge in [-0.15, -0.1) is 11.3 Å². The molecule has 0 aliphatic carbocycles. The van der Waals surface area contributed by atoms with Crippen molar-refractivity contribution < 1.29 is 9.59 Å². The SMILES string of the molecule is CC(=O)Nc1ccc(-c2cnc(N)c3c(-c4ccc(NC(=O)Nc5cccc(C)c5)cc4)csc23)cc1. The Hall–Kier alpha value is -4.69. The molecule has 0 bridgehead atoms. The molecular formula is C29H25N5O2S. The van der Waals surface area contributed by atoms with Gasteiger partial charge in [0.25, 0.3) is 0 Å². The van der Waals surface area contributed by atoms with Gasteiger partial charge in [0.1, 0.15) is 5.82 Å². The molecule has 7 nitrogen and oxygen atoms in total. The normalized spacial score (nSPS) is 10.8. The first-order chi connectivity index (χ1) is 17.9. The number of hydrogen-bond acceptors (Lipinski definition) is 5. The monoisotopic (exact) mass is 507 g/mol. The first-order valence-corrected chi connectivity index (χ1v) is 12.5. The summed E-state index contributed by atoms with van der Waals surface area (Å²) < 4.78 is 1.04. The Morgan fingerprint density at radius 3 is 2.08 bits per heavy atom. The Labute approximate surface area is 218 Å². The summed E-state index contributed by atoms with van der Waals surface area (Å²) in [5, 5.41) is 11.5. The van der Waals surface area contributed by atoms with Crippen LogP contribution < -0.4 is 21.7 Å². The number of nitrogens with zero attached hydrogens (tertiary/aromatic N) is 1. The van der Waals surface area contributed by atoms with Gasteiger partial charge in [0.05, 0.1) is 0 Å². The van der Waals surface area contributed by atoms with Crippen molar-refractivity contribution in [3.63, 3.8) is 0 Å². The average Bonchev–Trinajstić information content (AvgIpc) is 3.31. The number of aryl methyl sites for hydroxylation is 1. The molecule has 0 fully saturated rings. The predicted molar refractivity (Wildman–Crippen MR) is 153 cm³/mol. The third kappa shape index (κ3) is 5.29. The van der Waals surface area contributed by atoms with E-state index in [2.05, 4.69) is 26.3 Å². The van der Waals surface area contributed by atoms with Crippen LogP contribution in [0.4, 0.5) is 27.7 Å². The predicted octanol–water partition coefficient (Wildman–Crippen LogP) is 7.12. The summed E-state index contributed by atoms with van der Waals surface area (Å²) in [5.41, 5.74) is 13.5. The smallest absolute Gasteiger partial charge is 0.323 e. The number of amides is 3. The van der Waals surface area contributed by atoms with Crippen LogP contribution in [0.1, 0.15) is 12.5 Å². The molecule has 0 spiro atoms. The fraction of sp³-hybridized carbons (Fsp3) is 0.0690. The number of aromatic nitrogens is 1. The lowest BCUT2D eigenvalue weighted by atomic mass is 10.0. The van der Waals surface area contributed by atoms with E-state index in [-0.39, 0.29) is 11.9 Å². The molecule has 184 valence electrons. The van der Waals surface area contributed by atoms with E-state index in [1.54, 1.807) is 17.5 Å². The lowest BCUT2D eigenvalue weighted by Crippen LogP contribution is -2.19. The second-order valence-electron chi connectivity index (χ2n) is 8.70. The van der Waals surface area contributed by atoms with Crippen molar-refractivity contribution in [2.24, 2.45) is 0 Å². The number of hydrogen-bond donors (Lipinski definition) is 4. The number of rotatable bonds is 5. The van der Waals surface area contributed by atoms with Crippen LogP contribution in [-0.2, 0) is 4.79 Å². The molecule has 37 heavy (non-hydrogen) atoms. The lowest BCUT2D eigenvalue weighted by molar-refractivity contribution is -0.114. The van der Waals surface area contributed by atoms with Gasteiger partial charge in [0.15, 0.2) is 0 Å². The highest BCUT2D eigenvalue weighted by Crippen LogP contribution is 2.42. The first kappa shape index (κ1) is 24.0. The maximum absolute atomic E-state index is 12.4. The van der Waals surface area contributed by atoms with Crippen LogP contribution in [0.2, 0.25) is 0 Å². The van der Waals surface area contributed by atoms with Crippen molar-refractivity contribution in [2.75, 3.05) is 21.7 Å². The summed E-state index contributed by atoms with van der Waals surface area (Å²) in [7, 11) is 0. The maximum Gasteiger partial charge on any atom is 0.323 e. The first-order valence-electron chi connectivity index (χ1n) is 11.7. The average molecular weight is 508 g/mol. The number of carbonyl (C=O) groups excluding carboxylic acids is 2. The van der Waals surface area contributed by atoms with Gasteiger partial charge in [-0.3, -0.25) is 4.79 Å². The number of urea groups is 1. The Morgan fingerprint density at radius 2 is 1.43 bits per heavy atom. The quantitative estimate of drug-likeness (QED) is 0.203. The van der Waals surface area contributed by atoms with E-state index < -0.39 is 0 Å². The molecule has 0 saturated carbocycles. The number of benzene rings is 3. The minimum Gasteiger partial charge on any atom is -0.383 e. The van der Waals surface area contributed by atoms with Crippen molar-refractivity contribution in [2.45, 2.75) is 13.8 Å². The Bertz CT molecular complexity index is 1610. The summed E-state index contributed by atoms with van der Waals surface area (Å²) in [4.78, 5) is 28.2. The minimum atomic E-state index is -0.304. The Morgan fingerprint density at radius 1 is 0.811 bits per heavy atom. The van der Waals surface area contributed by atoms with Gasteiger partial charge in [-0.05, 0) is 65.4 Å². The number of pyridine rings is 1. The third-order valence-corrected chi connectivity index (χ3v) is 6.88. The third-order valence-electron chi connectivity index (χ3n) is 5.87. The number of anilines is 4. The van der Waals surface area contributed by atoms with Crippen molar-refractivity contribution in [1.82, 2.24) is 4.98 Å². The molecule has 0 radical (unpaired) electrons. The zero-order valence-electron chi connectivity index (χ0n) is 20.3. The summed E-state index contributed by atoms with van der Waals surface area (Å²) in [6.07, 6.45) is 1.78. The molecule has 2 heterocycles. The molecule has 0 saturated heterocycles. The summed E-state index contributed by atoms with van der Waals surface area (Å²) in [5.74, 6) is 0.352. The van der Waals surface area contributed by atoms with Gasteiger partial charge in [-0.2, -0.15) is 0 Å². The number of carbonyl (C=O) groups is 2.